The van der Waals surface area contributed by atoms with E-state index >= 15 is 0 Å². The highest BCUT2D eigenvalue weighted by atomic mass is 32.2. The van der Waals surface area contributed by atoms with Crippen molar-refractivity contribution in [3.8, 4) is 0 Å². The Kier molecular flexibility index (Phi) is 16.4. The third-order valence-electron chi connectivity index (χ3n) is 9.00. The summed E-state index contributed by atoms with van der Waals surface area (Å²) in [7, 11) is -2.20. The molecule has 4 atom stereocenters. The third kappa shape index (κ3) is 13.2. The molecule has 2 aliphatic rings. The predicted molar refractivity (Wildman–Crippen MR) is 206 cm³/mol. The van der Waals surface area contributed by atoms with E-state index in [9.17, 15) is 32.7 Å². The minimum absolute atomic E-state index is 0.0315. The van der Waals surface area contributed by atoms with Gasteiger partial charge in [0.25, 0.3) is 5.91 Å². The maximum absolute atomic E-state index is 14.0. The molecule has 1 fully saturated rings. The van der Waals surface area contributed by atoms with E-state index < -0.39 is 70.9 Å². The van der Waals surface area contributed by atoms with Gasteiger partial charge >= 0.3 is 6.03 Å². The number of hydrazone groups is 1. The summed E-state index contributed by atoms with van der Waals surface area (Å²) in [5, 5.41) is 56.0. The second kappa shape index (κ2) is 20.0. The fraction of sp³-hybridized carbons (Fsp3) is 0.541. The zero-order valence-electron chi connectivity index (χ0n) is 31.8. The van der Waals surface area contributed by atoms with Gasteiger partial charge in [-0.1, -0.05) is 64.3 Å². The smallest absolute Gasteiger partial charge is 0.345 e. The van der Waals surface area contributed by atoms with Crippen molar-refractivity contribution in [2.75, 3.05) is 49.8 Å². The lowest BCUT2D eigenvalue weighted by Crippen LogP contribution is -2.48. The summed E-state index contributed by atoms with van der Waals surface area (Å²) in [5.41, 5.74) is 1.65. The molecule has 4 amide bonds. The third-order valence-corrected chi connectivity index (χ3v) is 9.56. The molecule has 1 saturated carbocycles. The fourth-order valence-electron chi connectivity index (χ4n) is 5.90. The molecule has 1 heterocycles. The zero-order chi connectivity index (χ0) is 41.1. The summed E-state index contributed by atoms with van der Waals surface area (Å²) in [6.45, 7) is 4.20. The molecule has 17 nitrogen and oxygen atoms in total. The Morgan fingerprint density at radius 2 is 1.56 bits per heavy atom. The first-order valence-electron chi connectivity index (χ1n) is 18.0. The summed E-state index contributed by atoms with van der Waals surface area (Å²) < 4.78 is 24.8. The number of carbonyl (C=O) groups excluding carboxylic acids is 4. The number of fused-ring (bicyclic) bond motifs is 1. The largest absolute Gasteiger partial charge is 0.394 e. The molecule has 0 bridgehead atoms. The van der Waals surface area contributed by atoms with Gasteiger partial charge in [0.15, 0.2) is 5.78 Å². The van der Waals surface area contributed by atoms with Gasteiger partial charge in [-0.05, 0) is 44.2 Å². The van der Waals surface area contributed by atoms with E-state index in [2.05, 4.69) is 10.6 Å². The van der Waals surface area contributed by atoms with Crippen molar-refractivity contribution in [1.82, 2.24) is 15.0 Å². The molecule has 0 aromatic heterocycles. The Morgan fingerprint density at radius 1 is 0.927 bits per heavy atom. The number of Topliss-reactive ketones (excluding diaryl/α,β-unsaturated/α-hetero) is 1. The summed E-state index contributed by atoms with van der Waals surface area (Å²) in [4.78, 5) is 54.0. The van der Waals surface area contributed by atoms with Crippen LogP contribution >= 0.6 is 0 Å². The van der Waals surface area contributed by atoms with Gasteiger partial charge in [-0.15, -0.1) is 0 Å². The number of likely N-dealkylation sites (N-methyl/N-ethyl adjacent to an activating group) is 1. The van der Waals surface area contributed by atoms with Crippen molar-refractivity contribution in [2.24, 2.45) is 16.4 Å². The highest BCUT2D eigenvalue weighted by molar-refractivity contribution is 7.89. The second-order valence-corrected chi connectivity index (χ2v) is 16.4. The first-order chi connectivity index (χ1) is 25.8. The Bertz CT molecular complexity index is 1790. The molecular weight excluding hydrogens is 737 g/mol. The lowest BCUT2D eigenvalue weighted by Gasteiger charge is -2.28. The van der Waals surface area contributed by atoms with E-state index in [1.807, 2.05) is 22.9 Å². The van der Waals surface area contributed by atoms with E-state index in [-0.39, 0.29) is 36.0 Å². The van der Waals surface area contributed by atoms with E-state index in [1.54, 1.807) is 40.0 Å². The van der Waals surface area contributed by atoms with Gasteiger partial charge in [0, 0.05) is 34.7 Å². The quantitative estimate of drug-likeness (QED) is 0.132. The maximum atomic E-state index is 14.0. The number of nitrogens with zero attached hydrogens (tertiary/aromatic N) is 3. The Balaban J connectivity index is 0.000000534. The first kappa shape index (κ1) is 45.1. The number of amides is 4. The lowest BCUT2D eigenvalue weighted by molar-refractivity contribution is -0.124. The number of urea groups is 1. The van der Waals surface area contributed by atoms with Crippen molar-refractivity contribution in [2.45, 2.75) is 77.3 Å². The fourth-order valence-corrected chi connectivity index (χ4v) is 6.36. The number of carbonyl (C=O) groups is 4. The van der Waals surface area contributed by atoms with Gasteiger partial charge in [0.05, 0.1) is 36.9 Å². The minimum Gasteiger partial charge on any atom is -0.394 e. The summed E-state index contributed by atoms with van der Waals surface area (Å²) in [6.07, 6.45) is 0.240. The Labute approximate surface area is 321 Å². The van der Waals surface area contributed by atoms with Gasteiger partial charge in [0.1, 0.15) is 24.9 Å². The van der Waals surface area contributed by atoms with Crippen molar-refractivity contribution in [3.05, 3.63) is 59.7 Å². The average Bonchev–Trinajstić information content (AvgIpc) is 3.24. The predicted octanol–water partition coefficient (Wildman–Crippen LogP) is 0.798. The topological polar surface area (TPSA) is 258 Å². The van der Waals surface area contributed by atoms with Gasteiger partial charge in [-0.25, -0.2) is 22.9 Å². The van der Waals surface area contributed by atoms with Crippen LogP contribution in [0, 0.1) is 11.3 Å². The van der Waals surface area contributed by atoms with E-state index in [0.29, 0.717) is 5.69 Å². The molecule has 2 aromatic carbocycles. The van der Waals surface area contributed by atoms with Crippen LogP contribution < -0.4 is 20.3 Å². The van der Waals surface area contributed by atoms with Crippen LogP contribution in [0.25, 0.3) is 0 Å². The van der Waals surface area contributed by atoms with Crippen molar-refractivity contribution >= 4 is 50.7 Å². The van der Waals surface area contributed by atoms with Crippen LogP contribution in [0.2, 0.25) is 0 Å². The van der Waals surface area contributed by atoms with Crippen LogP contribution in [0.15, 0.2) is 53.6 Å². The highest BCUT2D eigenvalue weighted by Gasteiger charge is 2.36. The van der Waals surface area contributed by atoms with Crippen LogP contribution in [-0.2, 0) is 19.6 Å². The summed E-state index contributed by atoms with van der Waals surface area (Å²) in [5.74, 6) is -1.46. The number of ketones is 1. The van der Waals surface area contributed by atoms with E-state index in [4.69, 9.17) is 25.5 Å². The van der Waals surface area contributed by atoms with Crippen LogP contribution in [0.4, 0.5) is 16.2 Å². The number of sulfonamides is 1. The summed E-state index contributed by atoms with van der Waals surface area (Å²) >= 11 is 0. The zero-order valence-corrected chi connectivity index (χ0v) is 32.6. The van der Waals surface area contributed by atoms with Crippen LogP contribution in [0.1, 0.15) is 68.8 Å². The van der Waals surface area contributed by atoms with Crippen LogP contribution in [0.5, 0.6) is 0 Å². The Morgan fingerprint density at radius 3 is 2.16 bits per heavy atom. The first-order valence-corrected chi connectivity index (χ1v) is 19.9. The van der Waals surface area contributed by atoms with Gasteiger partial charge in [-0.3, -0.25) is 19.3 Å². The number of hydrogen-bond donors (Lipinski definition) is 8. The Hall–Kier alpha value is -4.30. The number of rotatable bonds is 14. The number of benzene rings is 2. The molecule has 0 radical (unpaired) electrons. The number of hydrogen-bond acceptors (Lipinski definition) is 13. The molecule has 0 spiro atoms. The molecule has 18 heteroatoms. The molecule has 8 N–H and O–H groups in total. The molecule has 1 aliphatic heterocycles. The normalized spacial score (nSPS) is 17.3. The molecule has 304 valence electrons. The minimum atomic E-state index is -3.77. The molecule has 2 aromatic rings. The van der Waals surface area contributed by atoms with Crippen LogP contribution in [0.3, 0.4) is 0 Å². The maximum Gasteiger partial charge on any atom is 0.345 e. The van der Waals surface area contributed by atoms with Gasteiger partial charge < -0.3 is 36.2 Å². The lowest BCUT2D eigenvalue weighted by atomic mass is 9.83. The second-order valence-electron chi connectivity index (χ2n) is 14.6. The van der Waals surface area contributed by atoms with E-state index in [1.165, 1.54) is 23.1 Å². The van der Waals surface area contributed by atoms with Crippen LogP contribution in [-0.4, -0.2) is 132 Å². The molecular formula is C37H54N6O11S. The number of aliphatic hydroxyl groups is 5. The highest BCUT2D eigenvalue weighted by Crippen LogP contribution is 2.34. The molecule has 0 saturated heterocycles. The number of anilines is 2. The SMILES string of the molecule is CC(C)(C)C(=O)CN1C(=O)N(CC(=O)Nc2cccc(C(=O)NS(C)(=O)=O)c2)N=C(C2CCCCC2)c2ccccc21.CNC[C@H](O)[C@@H](O)[C@H](O)[C@H](O)CO. The molecule has 55 heavy (non-hydrogen) atoms. The number of nitrogens with one attached hydrogen (secondary N) is 3. The summed E-state index contributed by atoms with van der Waals surface area (Å²) in [6, 6.07) is 12.6. The van der Waals surface area contributed by atoms with E-state index in [0.717, 1.165) is 54.6 Å². The standard InChI is InChI=1S/C30H37N5O6S.C7H17NO5/c1-30(2,3)25(36)18-34-24-16-9-8-15-23(24)27(20-11-6-5-7-12-20)32-35(29(34)39)19-26(37)31-22-14-10-13-21(17-22)28(38)33-42(4,40)41;1-8-2-4(10)6(12)7(13)5(11)3-9/h8-10,13-17,20H,5-7,11-12,18-19H2,1-4H3,(H,31,37)(H,33,38);4-13H,2-3H2,1H3/t;4-,5+,6+,7+/m.0/s1. The van der Waals surface area contributed by atoms with Crippen molar-refractivity contribution in [1.29, 1.82) is 0 Å². The molecule has 4 rings (SSSR count). The van der Waals surface area contributed by atoms with Crippen molar-refractivity contribution < 1.29 is 53.1 Å². The molecule has 0 unspecified atom stereocenters. The monoisotopic (exact) mass is 790 g/mol. The number of aliphatic hydroxyl groups excluding tert-OH is 5. The van der Waals surface area contributed by atoms with Gasteiger partial charge in [-0.2, -0.15) is 5.10 Å². The van der Waals surface area contributed by atoms with Crippen molar-refractivity contribution in [3.63, 3.8) is 0 Å². The van der Waals surface area contributed by atoms with Gasteiger partial charge in [0.2, 0.25) is 15.9 Å². The number of para-hydroxylation sites is 1. The average molecular weight is 791 g/mol. The molecule has 1 aliphatic carbocycles.